The van der Waals surface area contributed by atoms with Crippen molar-refractivity contribution in [1.82, 2.24) is 15.5 Å². The SMILES string of the molecule is CCNC(=NCC(O)c1ccc(OC)cc1)NC1CCN(CCOC)CC1. The molecule has 1 unspecified atom stereocenters. The molecule has 1 aliphatic rings. The minimum absolute atomic E-state index is 0.314. The second-order valence-electron chi connectivity index (χ2n) is 6.76. The third kappa shape index (κ3) is 7.36. The Balaban J connectivity index is 1.84. The van der Waals surface area contributed by atoms with Gasteiger partial charge in [-0.15, -0.1) is 0 Å². The number of methoxy groups -OCH3 is 2. The van der Waals surface area contributed by atoms with Crippen molar-refractivity contribution in [3.8, 4) is 5.75 Å². The van der Waals surface area contributed by atoms with Gasteiger partial charge in [0.2, 0.25) is 0 Å². The first kappa shape index (κ1) is 21.5. The topological polar surface area (TPSA) is 78.4 Å². The van der Waals surface area contributed by atoms with E-state index in [0.29, 0.717) is 12.6 Å². The molecule has 1 aromatic rings. The van der Waals surface area contributed by atoms with E-state index in [-0.39, 0.29) is 0 Å². The molecule has 27 heavy (non-hydrogen) atoms. The Morgan fingerprint density at radius 2 is 1.96 bits per heavy atom. The molecule has 0 radical (unpaired) electrons. The average Bonchev–Trinajstić information content (AvgIpc) is 2.71. The maximum absolute atomic E-state index is 10.4. The summed E-state index contributed by atoms with van der Waals surface area (Å²) in [6.07, 6.45) is 1.52. The van der Waals surface area contributed by atoms with Crippen LogP contribution in [0.1, 0.15) is 31.4 Å². The molecule has 7 nitrogen and oxygen atoms in total. The van der Waals surface area contributed by atoms with Crippen molar-refractivity contribution in [2.75, 3.05) is 53.6 Å². The lowest BCUT2D eigenvalue weighted by atomic mass is 10.1. The number of aliphatic imine (C=N–C) groups is 1. The molecule has 0 aromatic heterocycles. The fraction of sp³-hybridized carbons (Fsp3) is 0.650. The van der Waals surface area contributed by atoms with Gasteiger partial charge in [0.1, 0.15) is 5.75 Å². The van der Waals surface area contributed by atoms with E-state index >= 15 is 0 Å². The van der Waals surface area contributed by atoms with Gasteiger partial charge >= 0.3 is 0 Å². The number of guanidine groups is 1. The lowest BCUT2D eigenvalue weighted by Gasteiger charge is -2.32. The standard InChI is InChI=1S/C20H34N4O3/c1-4-21-20(23-17-9-11-24(12-10-17)13-14-26-2)22-15-19(25)16-5-7-18(27-3)8-6-16/h5-8,17,19,25H,4,9-15H2,1-3H3,(H2,21,22,23). The van der Waals surface area contributed by atoms with Gasteiger partial charge in [-0.1, -0.05) is 12.1 Å². The molecule has 3 N–H and O–H groups in total. The molecule has 1 aromatic carbocycles. The normalized spacial score (nSPS) is 17.6. The molecule has 1 saturated heterocycles. The van der Waals surface area contributed by atoms with Crippen LogP contribution in [0.4, 0.5) is 0 Å². The van der Waals surface area contributed by atoms with Gasteiger partial charge in [-0.3, -0.25) is 4.99 Å². The van der Waals surface area contributed by atoms with Crippen molar-refractivity contribution >= 4 is 5.96 Å². The van der Waals surface area contributed by atoms with Crippen LogP contribution >= 0.6 is 0 Å². The summed E-state index contributed by atoms with van der Waals surface area (Å²) in [5, 5.41) is 17.2. The third-order valence-electron chi connectivity index (χ3n) is 4.81. The van der Waals surface area contributed by atoms with Gasteiger partial charge < -0.3 is 30.1 Å². The van der Waals surface area contributed by atoms with Gasteiger partial charge in [-0.05, 0) is 37.5 Å². The number of nitrogens with zero attached hydrogens (tertiary/aromatic N) is 2. The zero-order valence-corrected chi connectivity index (χ0v) is 16.8. The van der Waals surface area contributed by atoms with Gasteiger partial charge in [0.15, 0.2) is 5.96 Å². The molecular weight excluding hydrogens is 344 g/mol. The summed E-state index contributed by atoms with van der Waals surface area (Å²) in [4.78, 5) is 7.00. The number of likely N-dealkylation sites (tertiary alicyclic amines) is 1. The summed E-state index contributed by atoms with van der Waals surface area (Å²) in [5.41, 5.74) is 0.835. The highest BCUT2D eigenvalue weighted by atomic mass is 16.5. The van der Waals surface area contributed by atoms with E-state index in [1.54, 1.807) is 14.2 Å². The number of hydrogen-bond donors (Lipinski definition) is 3. The van der Waals surface area contributed by atoms with Gasteiger partial charge in [-0.2, -0.15) is 0 Å². The second kappa shape index (κ2) is 11.8. The van der Waals surface area contributed by atoms with E-state index < -0.39 is 6.10 Å². The smallest absolute Gasteiger partial charge is 0.191 e. The van der Waals surface area contributed by atoms with Crippen LogP contribution in [0.15, 0.2) is 29.3 Å². The van der Waals surface area contributed by atoms with Crippen molar-refractivity contribution in [3.05, 3.63) is 29.8 Å². The van der Waals surface area contributed by atoms with Crippen LogP contribution < -0.4 is 15.4 Å². The van der Waals surface area contributed by atoms with E-state index in [0.717, 1.165) is 62.9 Å². The minimum Gasteiger partial charge on any atom is -0.497 e. The first-order valence-electron chi connectivity index (χ1n) is 9.74. The van der Waals surface area contributed by atoms with Crippen molar-refractivity contribution in [1.29, 1.82) is 0 Å². The van der Waals surface area contributed by atoms with Crippen molar-refractivity contribution < 1.29 is 14.6 Å². The van der Waals surface area contributed by atoms with E-state index in [1.165, 1.54) is 0 Å². The van der Waals surface area contributed by atoms with Crippen LogP contribution in [0.3, 0.4) is 0 Å². The zero-order chi connectivity index (χ0) is 19.5. The van der Waals surface area contributed by atoms with E-state index in [2.05, 4.69) is 20.5 Å². The maximum atomic E-state index is 10.4. The van der Waals surface area contributed by atoms with Crippen LogP contribution in [0.5, 0.6) is 5.75 Å². The molecule has 1 aliphatic heterocycles. The summed E-state index contributed by atoms with van der Waals surface area (Å²) in [6.45, 7) is 7.05. The van der Waals surface area contributed by atoms with Gasteiger partial charge in [0, 0.05) is 39.3 Å². The number of hydrogen-bond acceptors (Lipinski definition) is 5. The fourth-order valence-electron chi connectivity index (χ4n) is 3.14. The van der Waals surface area contributed by atoms with Crippen molar-refractivity contribution in [3.63, 3.8) is 0 Å². The van der Waals surface area contributed by atoms with Crippen LogP contribution in [0.2, 0.25) is 0 Å². The van der Waals surface area contributed by atoms with Gasteiger partial charge in [0.05, 0.1) is 26.4 Å². The Bertz CT molecular complexity index is 557. The van der Waals surface area contributed by atoms with Crippen LogP contribution in [-0.2, 0) is 4.74 Å². The lowest BCUT2D eigenvalue weighted by Crippen LogP contribution is -2.49. The van der Waals surface area contributed by atoms with Crippen LogP contribution in [0, 0.1) is 0 Å². The predicted molar refractivity (Wildman–Crippen MR) is 108 cm³/mol. The molecule has 1 heterocycles. The van der Waals surface area contributed by atoms with Crippen molar-refractivity contribution in [2.24, 2.45) is 4.99 Å². The number of ether oxygens (including phenoxy) is 2. The number of aliphatic hydroxyl groups is 1. The summed E-state index contributed by atoms with van der Waals surface area (Å²) in [7, 11) is 3.37. The fourth-order valence-corrected chi connectivity index (χ4v) is 3.14. The molecule has 0 amide bonds. The summed E-state index contributed by atoms with van der Waals surface area (Å²) < 4.78 is 10.3. The highest BCUT2D eigenvalue weighted by Crippen LogP contribution is 2.17. The van der Waals surface area contributed by atoms with Crippen LogP contribution in [0.25, 0.3) is 0 Å². The summed E-state index contributed by atoms with van der Waals surface area (Å²) in [5.74, 6) is 1.54. The molecular formula is C20H34N4O3. The molecule has 2 rings (SSSR count). The van der Waals surface area contributed by atoms with E-state index in [1.807, 2.05) is 31.2 Å². The largest absolute Gasteiger partial charge is 0.497 e. The lowest BCUT2D eigenvalue weighted by molar-refractivity contribution is 0.128. The number of aliphatic hydroxyl groups excluding tert-OH is 1. The molecule has 7 heteroatoms. The molecule has 0 spiro atoms. The Morgan fingerprint density at radius 1 is 1.26 bits per heavy atom. The molecule has 0 saturated carbocycles. The van der Waals surface area contributed by atoms with E-state index in [9.17, 15) is 5.11 Å². The second-order valence-corrected chi connectivity index (χ2v) is 6.76. The molecule has 0 bridgehead atoms. The zero-order valence-electron chi connectivity index (χ0n) is 16.8. The maximum Gasteiger partial charge on any atom is 0.191 e. The highest BCUT2D eigenvalue weighted by molar-refractivity contribution is 5.80. The molecule has 152 valence electrons. The first-order valence-corrected chi connectivity index (χ1v) is 9.74. The Hall–Kier alpha value is -1.83. The number of piperidine rings is 1. The summed E-state index contributed by atoms with van der Waals surface area (Å²) >= 11 is 0. The third-order valence-corrected chi connectivity index (χ3v) is 4.81. The van der Waals surface area contributed by atoms with Crippen LogP contribution in [-0.4, -0.2) is 75.6 Å². The summed E-state index contributed by atoms with van der Waals surface area (Å²) in [6, 6.07) is 7.84. The minimum atomic E-state index is -0.637. The molecule has 1 atom stereocenters. The quantitative estimate of drug-likeness (QED) is 0.445. The Kier molecular flexibility index (Phi) is 9.38. The predicted octanol–water partition coefficient (Wildman–Crippen LogP) is 1.39. The van der Waals surface area contributed by atoms with Gasteiger partial charge in [-0.25, -0.2) is 0 Å². The number of nitrogens with one attached hydrogen (secondary N) is 2. The van der Waals surface area contributed by atoms with Gasteiger partial charge in [0.25, 0.3) is 0 Å². The number of benzene rings is 1. The number of rotatable bonds is 9. The Labute approximate surface area is 162 Å². The Morgan fingerprint density at radius 3 is 2.56 bits per heavy atom. The average molecular weight is 379 g/mol. The monoisotopic (exact) mass is 378 g/mol. The van der Waals surface area contributed by atoms with Crippen molar-refractivity contribution in [2.45, 2.75) is 31.9 Å². The molecule has 1 fully saturated rings. The highest BCUT2D eigenvalue weighted by Gasteiger charge is 2.19. The molecule has 0 aliphatic carbocycles. The van der Waals surface area contributed by atoms with E-state index in [4.69, 9.17) is 9.47 Å². The first-order chi connectivity index (χ1) is 13.2.